The number of imide groups is 1. The normalized spacial score (nSPS) is 21.2. The minimum Gasteiger partial charge on any atom is -0.342 e. The molecule has 0 spiro atoms. The fraction of sp³-hybridized carbons (Fsp3) is 0.364. The van der Waals surface area contributed by atoms with Crippen LogP contribution in [0.25, 0.3) is 0 Å². The Morgan fingerprint density at radius 2 is 2.33 bits per heavy atom. The van der Waals surface area contributed by atoms with Gasteiger partial charge in [0.25, 0.3) is 5.91 Å². The van der Waals surface area contributed by atoms with Gasteiger partial charge in [0, 0.05) is 11.9 Å². The van der Waals surface area contributed by atoms with Gasteiger partial charge in [0.15, 0.2) is 0 Å². The average molecular weight is 267 g/mol. The molecule has 2 atom stereocenters. The third kappa shape index (κ3) is 2.27. The summed E-state index contributed by atoms with van der Waals surface area (Å²) in [7, 11) is 1.40. The van der Waals surface area contributed by atoms with Crippen molar-refractivity contribution in [1.29, 1.82) is 0 Å². The van der Waals surface area contributed by atoms with Crippen LogP contribution in [0.5, 0.6) is 0 Å². The topological polar surface area (TPSA) is 92.5 Å². The van der Waals surface area contributed by atoms with E-state index in [1.807, 2.05) is 5.38 Å². The van der Waals surface area contributed by atoms with E-state index in [2.05, 4.69) is 5.32 Å². The van der Waals surface area contributed by atoms with Gasteiger partial charge in [-0.3, -0.25) is 19.3 Å². The molecule has 0 saturated carbocycles. The van der Waals surface area contributed by atoms with Gasteiger partial charge in [-0.2, -0.15) is 0 Å². The van der Waals surface area contributed by atoms with Gasteiger partial charge in [-0.1, -0.05) is 6.07 Å². The van der Waals surface area contributed by atoms with Crippen LogP contribution in [0.15, 0.2) is 17.5 Å². The molecule has 1 fully saturated rings. The fourth-order valence-electron chi connectivity index (χ4n) is 1.73. The van der Waals surface area contributed by atoms with Gasteiger partial charge in [-0.05, 0) is 11.4 Å². The van der Waals surface area contributed by atoms with Crippen LogP contribution in [0.4, 0.5) is 0 Å². The number of nitrogens with two attached hydrogens (primary N) is 1. The van der Waals surface area contributed by atoms with Crippen LogP contribution in [-0.4, -0.2) is 35.7 Å². The summed E-state index contributed by atoms with van der Waals surface area (Å²) in [6.45, 7) is 0. The highest BCUT2D eigenvalue weighted by molar-refractivity contribution is 7.10. The molecular weight excluding hydrogens is 254 g/mol. The quantitative estimate of drug-likeness (QED) is 0.730. The summed E-state index contributed by atoms with van der Waals surface area (Å²) in [5.41, 5.74) is 5.76. The lowest BCUT2D eigenvalue weighted by atomic mass is 10.2. The summed E-state index contributed by atoms with van der Waals surface area (Å²) in [5, 5.41) is 4.33. The lowest BCUT2D eigenvalue weighted by Gasteiger charge is -2.14. The van der Waals surface area contributed by atoms with E-state index in [0.29, 0.717) is 0 Å². The van der Waals surface area contributed by atoms with E-state index >= 15 is 0 Å². The first-order chi connectivity index (χ1) is 8.50. The lowest BCUT2D eigenvalue weighted by molar-refractivity contribution is -0.138. The maximum absolute atomic E-state index is 11.8. The van der Waals surface area contributed by atoms with E-state index < -0.39 is 23.9 Å². The van der Waals surface area contributed by atoms with Crippen LogP contribution < -0.4 is 11.1 Å². The smallest absolute Gasteiger partial charge is 0.252 e. The Morgan fingerprint density at radius 3 is 2.83 bits per heavy atom. The molecule has 1 aliphatic rings. The average Bonchev–Trinajstić information content (AvgIpc) is 2.94. The molecule has 0 aromatic carbocycles. The molecule has 0 aliphatic carbocycles. The number of nitrogens with one attached hydrogen (secondary N) is 1. The van der Waals surface area contributed by atoms with Gasteiger partial charge < -0.3 is 11.1 Å². The number of amides is 3. The van der Waals surface area contributed by atoms with Crippen molar-refractivity contribution >= 4 is 29.1 Å². The van der Waals surface area contributed by atoms with Crippen LogP contribution >= 0.6 is 11.3 Å². The maximum atomic E-state index is 11.8. The van der Waals surface area contributed by atoms with Crippen LogP contribution in [0, 0.1) is 0 Å². The lowest BCUT2D eigenvalue weighted by Crippen LogP contribution is -2.44. The number of rotatable bonds is 3. The predicted octanol–water partition coefficient (Wildman–Crippen LogP) is -0.379. The minimum absolute atomic E-state index is 0.00175. The summed E-state index contributed by atoms with van der Waals surface area (Å²) in [6, 6.07) is 1.95. The van der Waals surface area contributed by atoms with E-state index in [1.165, 1.54) is 18.4 Å². The van der Waals surface area contributed by atoms with Crippen molar-refractivity contribution in [3.8, 4) is 0 Å². The molecule has 7 heteroatoms. The second kappa shape index (κ2) is 4.87. The molecule has 2 heterocycles. The molecule has 0 radical (unpaired) electrons. The SMILES string of the molecule is CN1C(=O)CC(NC(=O)C(N)c2cccs2)C1=O. The number of likely N-dealkylation sites (tertiary alicyclic amines) is 1. The van der Waals surface area contributed by atoms with Gasteiger partial charge in [-0.15, -0.1) is 11.3 Å². The summed E-state index contributed by atoms with van der Waals surface area (Å²) < 4.78 is 0. The minimum atomic E-state index is -0.807. The summed E-state index contributed by atoms with van der Waals surface area (Å²) in [4.78, 5) is 36.5. The van der Waals surface area contributed by atoms with Crippen LogP contribution in [0.1, 0.15) is 17.3 Å². The van der Waals surface area contributed by atoms with Gasteiger partial charge in [-0.25, -0.2) is 0 Å². The Bertz CT molecular complexity index is 486. The molecular formula is C11H13N3O3S. The number of nitrogens with zero attached hydrogens (tertiary/aromatic N) is 1. The second-order valence-corrected chi connectivity index (χ2v) is 5.03. The molecule has 1 saturated heterocycles. The molecule has 0 bridgehead atoms. The Kier molecular flexibility index (Phi) is 3.44. The van der Waals surface area contributed by atoms with Gasteiger partial charge in [0.1, 0.15) is 12.1 Å². The zero-order valence-corrected chi connectivity index (χ0v) is 10.6. The van der Waals surface area contributed by atoms with Crippen molar-refractivity contribution in [3.05, 3.63) is 22.4 Å². The molecule has 18 heavy (non-hydrogen) atoms. The molecule has 1 aromatic rings. The molecule has 1 aromatic heterocycles. The first kappa shape index (κ1) is 12.7. The van der Waals surface area contributed by atoms with Crippen LogP contribution in [0.3, 0.4) is 0 Å². The molecule has 2 rings (SSSR count). The van der Waals surface area contributed by atoms with E-state index in [9.17, 15) is 14.4 Å². The Balaban J connectivity index is 2.00. The number of thiophene rings is 1. The van der Waals surface area contributed by atoms with Crippen molar-refractivity contribution < 1.29 is 14.4 Å². The third-order valence-electron chi connectivity index (χ3n) is 2.83. The molecule has 6 nitrogen and oxygen atoms in total. The summed E-state index contributed by atoms with van der Waals surface area (Å²) in [6.07, 6.45) is -0.00175. The Morgan fingerprint density at radius 1 is 1.61 bits per heavy atom. The highest BCUT2D eigenvalue weighted by Gasteiger charge is 2.37. The first-order valence-corrected chi connectivity index (χ1v) is 6.28. The van der Waals surface area contributed by atoms with E-state index in [4.69, 9.17) is 5.73 Å². The number of carbonyl (C=O) groups excluding carboxylic acids is 3. The molecule has 3 N–H and O–H groups in total. The number of hydrogen-bond acceptors (Lipinski definition) is 5. The first-order valence-electron chi connectivity index (χ1n) is 5.40. The monoisotopic (exact) mass is 267 g/mol. The van der Waals surface area contributed by atoms with E-state index in [-0.39, 0.29) is 12.3 Å². The predicted molar refractivity (Wildman–Crippen MR) is 65.6 cm³/mol. The van der Waals surface area contributed by atoms with E-state index in [0.717, 1.165) is 9.78 Å². The van der Waals surface area contributed by atoms with Crippen LogP contribution in [0.2, 0.25) is 0 Å². The van der Waals surface area contributed by atoms with Crippen molar-refractivity contribution in [1.82, 2.24) is 10.2 Å². The fourth-order valence-corrected chi connectivity index (χ4v) is 2.45. The number of carbonyl (C=O) groups is 3. The zero-order chi connectivity index (χ0) is 13.3. The highest BCUT2D eigenvalue weighted by atomic mass is 32.1. The summed E-state index contributed by atoms with van der Waals surface area (Å²) in [5.74, 6) is -1.14. The standard InChI is InChI=1S/C11H13N3O3S/c1-14-8(15)5-6(11(14)17)13-10(16)9(12)7-3-2-4-18-7/h2-4,6,9H,5,12H2,1H3,(H,13,16). The van der Waals surface area contributed by atoms with Gasteiger partial charge in [0.2, 0.25) is 11.8 Å². The maximum Gasteiger partial charge on any atom is 0.252 e. The highest BCUT2D eigenvalue weighted by Crippen LogP contribution is 2.18. The third-order valence-corrected chi connectivity index (χ3v) is 3.79. The van der Waals surface area contributed by atoms with Crippen LogP contribution in [-0.2, 0) is 14.4 Å². The van der Waals surface area contributed by atoms with Crippen molar-refractivity contribution in [2.24, 2.45) is 5.73 Å². The van der Waals surface area contributed by atoms with E-state index in [1.54, 1.807) is 12.1 Å². The Labute approximate surface area is 108 Å². The zero-order valence-electron chi connectivity index (χ0n) is 9.75. The largest absolute Gasteiger partial charge is 0.342 e. The van der Waals surface area contributed by atoms with Crippen molar-refractivity contribution in [3.63, 3.8) is 0 Å². The molecule has 96 valence electrons. The number of likely N-dealkylation sites (N-methyl/N-ethyl adjacent to an activating group) is 1. The van der Waals surface area contributed by atoms with Gasteiger partial charge >= 0.3 is 0 Å². The van der Waals surface area contributed by atoms with Crippen molar-refractivity contribution in [2.45, 2.75) is 18.5 Å². The molecule has 2 unspecified atom stereocenters. The molecule has 1 aliphatic heterocycles. The van der Waals surface area contributed by atoms with Crippen molar-refractivity contribution in [2.75, 3.05) is 7.05 Å². The summed E-state index contributed by atoms with van der Waals surface area (Å²) >= 11 is 1.37. The Hall–Kier alpha value is -1.73. The number of hydrogen-bond donors (Lipinski definition) is 2. The second-order valence-electron chi connectivity index (χ2n) is 4.05. The molecule has 3 amide bonds. The van der Waals surface area contributed by atoms with Gasteiger partial charge in [0.05, 0.1) is 6.42 Å².